The molecule has 0 bridgehead atoms. The van der Waals surface area contributed by atoms with E-state index in [-0.39, 0.29) is 18.1 Å². The van der Waals surface area contributed by atoms with Crippen molar-refractivity contribution in [2.75, 3.05) is 45.1 Å². The van der Waals surface area contributed by atoms with Crippen molar-refractivity contribution < 1.29 is 9.50 Å². The molecule has 0 aliphatic carbocycles. The molecule has 5 heteroatoms. The van der Waals surface area contributed by atoms with Crippen LogP contribution >= 0.6 is 0 Å². The van der Waals surface area contributed by atoms with Crippen LogP contribution < -0.4 is 5.73 Å². The molecule has 18 heavy (non-hydrogen) atoms. The maximum atomic E-state index is 13.8. The first-order chi connectivity index (χ1) is 8.70. The van der Waals surface area contributed by atoms with E-state index in [0.717, 1.165) is 32.7 Å². The van der Waals surface area contributed by atoms with Crippen molar-refractivity contribution in [3.8, 4) is 0 Å². The van der Waals surface area contributed by atoms with Gasteiger partial charge in [0.2, 0.25) is 0 Å². The fourth-order valence-electron chi connectivity index (χ4n) is 2.28. The minimum absolute atomic E-state index is 0.198. The smallest absolute Gasteiger partial charge is 0.150 e. The second kappa shape index (κ2) is 6.13. The van der Waals surface area contributed by atoms with Crippen molar-refractivity contribution in [3.63, 3.8) is 0 Å². The maximum Gasteiger partial charge on any atom is 0.150 e. The molecular weight excluding hydrogens is 233 g/mol. The molecule has 2 rings (SSSR count). The highest BCUT2D eigenvalue weighted by Crippen LogP contribution is 2.17. The quantitative estimate of drug-likeness (QED) is 0.768. The lowest BCUT2D eigenvalue weighted by Gasteiger charge is -2.34. The molecule has 1 aromatic rings. The minimum atomic E-state index is -0.296. The van der Waals surface area contributed by atoms with Gasteiger partial charge in [0.1, 0.15) is 0 Å². The predicted molar refractivity (Wildman–Crippen MR) is 69.6 cm³/mol. The third-order valence-electron chi connectivity index (χ3n) is 3.38. The Bertz CT molecular complexity index is 392. The topological polar surface area (TPSA) is 52.7 Å². The highest BCUT2D eigenvalue weighted by atomic mass is 19.1. The van der Waals surface area contributed by atoms with Crippen LogP contribution in [0.5, 0.6) is 0 Å². The average Bonchev–Trinajstić information content (AvgIpc) is 2.38. The summed E-state index contributed by atoms with van der Waals surface area (Å²) in [4.78, 5) is 4.43. The highest BCUT2D eigenvalue weighted by Gasteiger charge is 2.17. The highest BCUT2D eigenvalue weighted by molar-refractivity contribution is 5.42. The minimum Gasteiger partial charge on any atom is -0.396 e. The molecular formula is C13H20FN3O. The van der Waals surface area contributed by atoms with Crippen LogP contribution in [0.2, 0.25) is 0 Å². The van der Waals surface area contributed by atoms with E-state index in [2.05, 4.69) is 9.80 Å². The molecule has 1 saturated heterocycles. The number of benzene rings is 1. The molecule has 0 saturated carbocycles. The number of aliphatic hydroxyl groups excluding tert-OH is 1. The molecule has 3 N–H and O–H groups in total. The molecule has 0 unspecified atom stereocenters. The van der Waals surface area contributed by atoms with Crippen molar-refractivity contribution in [1.82, 2.24) is 9.80 Å². The Labute approximate surface area is 107 Å². The average molecular weight is 253 g/mol. The fourth-order valence-corrected chi connectivity index (χ4v) is 2.28. The van der Waals surface area contributed by atoms with Crippen LogP contribution in [0.4, 0.5) is 10.1 Å². The zero-order chi connectivity index (χ0) is 13.0. The lowest BCUT2D eigenvalue weighted by molar-refractivity contribution is 0.108. The molecule has 0 amide bonds. The molecule has 4 nitrogen and oxygen atoms in total. The van der Waals surface area contributed by atoms with Crippen LogP contribution in [0.15, 0.2) is 18.2 Å². The molecule has 0 aromatic heterocycles. The van der Waals surface area contributed by atoms with Crippen LogP contribution in [0.1, 0.15) is 5.56 Å². The van der Waals surface area contributed by atoms with Gasteiger partial charge in [0.05, 0.1) is 12.3 Å². The lowest BCUT2D eigenvalue weighted by Crippen LogP contribution is -2.46. The first-order valence-electron chi connectivity index (χ1n) is 6.29. The van der Waals surface area contributed by atoms with Gasteiger partial charge in [0, 0.05) is 44.8 Å². The van der Waals surface area contributed by atoms with Crippen LogP contribution in [0, 0.1) is 5.82 Å². The number of β-amino-alcohol motifs (C(OH)–C–C–N with tert-alkyl or cyclic N) is 1. The summed E-state index contributed by atoms with van der Waals surface area (Å²) in [5.74, 6) is -0.296. The summed E-state index contributed by atoms with van der Waals surface area (Å²) in [5, 5.41) is 8.87. The van der Waals surface area contributed by atoms with Crippen LogP contribution in [0.3, 0.4) is 0 Å². The van der Waals surface area contributed by atoms with E-state index < -0.39 is 0 Å². The van der Waals surface area contributed by atoms with Crippen molar-refractivity contribution in [2.24, 2.45) is 0 Å². The van der Waals surface area contributed by atoms with Crippen molar-refractivity contribution in [3.05, 3.63) is 29.6 Å². The van der Waals surface area contributed by atoms with Gasteiger partial charge < -0.3 is 10.8 Å². The molecule has 1 heterocycles. The number of anilines is 1. The lowest BCUT2D eigenvalue weighted by atomic mass is 10.1. The zero-order valence-corrected chi connectivity index (χ0v) is 10.5. The number of hydrogen-bond acceptors (Lipinski definition) is 4. The van der Waals surface area contributed by atoms with Crippen LogP contribution in [0.25, 0.3) is 0 Å². The van der Waals surface area contributed by atoms with Crippen LogP contribution in [-0.4, -0.2) is 54.2 Å². The van der Waals surface area contributed by atoms with Crippen molar-refractivity contribution in [2.45, 2.75) is 6.54 Å². The molecule has 1 aromatic carbocycles. The van der Waals surface area contributed by atoms with Gasteiger partial charge in [-0.05, 0) is 6.07 Å². The molecule has 0 spiro atoms. The van der Waals surface area contributed by atoms with Gasteiger partial charge in [-0.1, -0.05) is 12.1 Å². The van der Waals surface area contributed by atoms with E-state index in [4.69, 9.17) is 10.8 Å². The van der Waals surface area contributed by atoms with E-state index in [0.29, 0.717) is 12.1 Å². The molecule has 0 atom stereocenters. The summed E-state index contributed by atoms with van der Waals surface area (Å²) < 4.78 is 13.8. The first-order valence-corrected chi connectivity index (χ1v) is 6.29. The standard InChI is InChI=1S/C13H20FN3O/c14-13-11(2-1-3-12(13)15)10-17-6-4-16(5-7-17)8-9-18/h1-3,18H,4-10,15H2. The Morgan fingerprint density at radius 2 is 1.83 bits per heavy atom. The zero-order valence-electron chi connectivity index (χ0n) is 10.5. The Morgan fingerprint density at radius 1 is 1.17 bits per heavy atom. The van der Waals surface area contributed by atoms with E-state index in [1.54, 1.807) is 18.2 Å². The van der Waals surface area contributed by atoms with Gasteiger partial charge in [-0.15, -0.1) is 0 Å². The largest absolute Gasteiger partial charge is 0.396 e. The summed E-state index contributed by atoms with van der Waals surface area (Å²) in [6.07, 6.45) is 0. The Balaban J connectivity index is 1.90. The molecule has 100 valence electrons. The number of halogens is 1. The fraction of sp³-hybridized carbons (Fsp3) is 0.538. The van der Waals surface area contributed by atoms with E-state index in [1.165, 1.54) is 0 Å². The third kappa shape index (κ3) is 3.19. The number of nitrogens with zero attached hydrogens (tertiary/aromatic N) is 2. The first kappa shape index (κ1) is 13.3. The summed E-state index contributed by atoms with van der Waals surface area (Å²) in [5.41, 5.74) is 6.43. The third-order valence-corrected chi connectivity index (χ3v) is 3.38. The summed E-state index contributed by atoms with van der Waals surface area (Å²) in [6.45, 7) is 5.16. The summed E-state index contributed by atoms with van der Waals surface area (Å²) in [6, 6.07) is 5.15. The number of piperazine rings is 1. The Kier molecular flexibility index (Phi) is 4.52. The SMILES string of the molecule is Nc1cccc(CN2CCN(CCO)CC2)c1F. The number of nitrogens with two attached hydrogens (primary N) is 1. The van der Waals surface area contributed by atoms with E-state index in [9.17, 15) is 4.39 Å². The van der Waals surface area contributed by atoms with Gasteiger partial charge in [-0.25, -0.2) is 4.39 Å². The van der Waals surface area contributed by atoms with Gasteiger partial charge >= 0.3 is 0 Å². The number of hydrogen-bond donors (Lipinski definition) is 2. The maximum absolute atomic E-state index is 13.8. The Hall–Kier alpha value is -1.17. The predicted octanol–water partition coefficient (Wildman–Crippen LogP) is 0.518. The number of aliphatic hydroxyl groups is 1. The van der Waals surface area contributed by atoms with E-state index >= 15 is 0 Å². The van der Waals surface area contributed by atoms with Gasteiger partial charge in [-0.3, -0.25) is 9.80 Å². The van der Waals surface area contributed by atoms with Gasteiger partial charge in [0.15, 0.2) is 5.82 Å². The van der Waals surface area contributed by atoms with E-state index in [1.807, 2.05) is 0 Å². The monoisotopic (exact) mass is 253 g/mol. The second-order valence-corrected chi connectivity index (χ2v) is 4.66. The van der Waals surface area contributed by atoms with Gasteiger partial charge in [0.25, 0.3) is 0 Å². The summed E-state index contributed by atoms with van der Waals surface area (Å²) >= 11 is 0. The molecule has 1 aliphatic rings. The van der Waals surface area contributed by atoms with Crippen LogP contribution in [-0.2, 0) is 6.54 Å². The second-order valence-electron chi connectivity index (χ2n) is 4.66. The van der Waals surface area contributed by atoms with Crippen molar-refractivity contribution >= 4 is 5.69 Å². The van der Waals surface area contributed by atoms with Crippen molar-refractivity contribution in [1.29, 1.82) is 0 Å². The number of nitrogen functional groups attached to an aromatic ring is 1. The Morgan fingerprint density at radius 3 is 2.50 bits per heavy atom. The molecule has 0 radical (unpaired) electrons. The molecule has 1 fully saturated rings. The normalized spacial score (nSPS) is 18.1. The number of rotatable bonds is 4. The summed E-state index contributed by atoms with van der Waals surface area (Å²) in [7, 11) is 0. The van der Waals surface area contributed by atoms with Gasteiger partial charge in [-0.2, -0.15) is 0 Å². The molecule has 1 aliphatic heterocycles.